The van der Waals surface area contributed by atoms with E-state index < -0.39 is 0 Å². The number of benzene rings is 1. The molecule has 0 saturated carbocycles. The molecule has 0 aliphatic heterocycles. The van der Waals surface area contributed by atoms with Gasteiger partial charge in [-0.25, -0.2) is 4.98 Å². The highest BCUT2D eigenvalue weighted by atomic mass is 16.3. The standard InChI is InChI=1S/C24H20N4O2/c25-24-21(23(17-5-8-29-14-17)18-6-9-30-15-18)11-19-10-20(3-4-22(19)28-24)27-13-16-2-1-7-26-12-16/h1-12,14-15,23,27H,13H2,(H2,25,28). The molecule has 6 nitrogen and oxygen atoms in total. The van der Waals surface area contributed by atoms with Crippen LogP contribution in [0.2, 0.25) is 0 Å². The third-order valence-corrected chi connectivity index (χ3v) is 5.16. The van der Waals surface area contributed by atoms with Gasteiger partial charge in [-0.1, -0.05) is 6.07 Å². The Morgan fingerprint density at radius 1 is 0.967 bits per heavy atom. The number of hydrogen-bond donors (Lipinski definition) is 2. The summed E-state index contributed by atoms with van der Waals surface area (Å²) in [6.45, 7) is 0.696. The first-order valence-electron chi connectivity index (χ1n) is 9.65. The Morgan fingerprint density at radius 3 is 2.43 bits per heavy atom. The summed E-state index contributed by atoms with van der Waals surface area (Å²) in [6, 6.07) is 16.0. The molecule has 0 saturated heterocycles. The largest absolute Gasteiger partial charge is 0.472 e. The number of anilines is 2. The van der Waals surface area contributed by atoms with Gasteiger partial charge >= 0.3 is 0 Å². The lowest BCUT2D eigenvalue weighted by molar-refractivity contribution is 0.559. The first kappa shape index (κ1) is 18.0. The number of pyridine rings is 2. The molecule has 1 aromatic carbocycles. The third-order valence-electron chi connectivity index (χ3n) is 5.16. The van der Waals surface area contributed by atoms with Crippen LogP contribution in [0.3, 0.4) is 0 Å². The van der Waals surface area contributed by atoms with Gasteiger partial charge in [-0.15, -0.1) is 0 Å². The summed E-state index contributed by atoms with van der Waals surface area (Å²) in [5.41, 5.74) is 12.3. The predicted octanol–water partition coefficient (Wildman–Crippen LogP) is 5.19. The number of nitrogens with one attached hydrogen (secondary N) is 1. The van der Waals surface area contributed by atoms with Gasteiger partial charge in [0.1, 0.15) is 5.82 Å². The monoisotopic (exact) mass is 396 g/mol. The van der Waals surface area contributed by atoms with E-state index in [2.05, 4.69) is 27.4 Å². The van der Waals surface area contributed by atoms with Crippen LogP contribution in [0.1, 0.15) is 28.2 Å². The quantitative estimate of drug-likeness (QED) is 0.410. The molecule has 0 spiro atoms. The minimum atomic E-state index is -0.119. The van der Waals surface area contributed by atoms with E-state index in [1.54, 1.807) is 31.2 Å². The summed E-state index contributed by atoms with van der Waals surface area (Å²) < 4.78 is 10.7. The van der Waals surface area contributed by atoms with Gasteiger partial charge in [-0.2, -0.15) is 0 Å². The Hall–Kier alpha value is -4.06. The highest BCUT2D eigenvalue weighted by Gasteiger charge is 2.22. The Morgan fingerprint density at radius 2 is 1.77 bits per heavy atom. The van der Waals surface area contributed by atoms with Crippen LogP contribution in [0, 0.1) is 0 Å². The molecule has 6 heteroatoms. The second kappa shape index (κ2) is 7.75. The van der Waals surface area contributed by atoms with Crippen LogP contribution >= 0.6 is 0 Å². The molecule has 0 aliphatic carbocycles. The molecule has 0 aliphatic rings. The third kappa shape index (κ3) is 3.51. The SMILES string of the molecule is Nc1nc2ccc(NCc3cccnc3)cc2cc1C(c1ccoc1)c1ccoc1. The van der Waals surface area contributed by atoms with Crippen molar-refractivity contribution in [2.75, 3.05) is 11.1 Å². The molecular weight excluding hydrogens is 376 g/mol. The average Bonchev–Trinajstić information content (AvgIpc) is 3.49. The van der Waals surface area contributed by atoms with Crippen molar-refractivity contribution in [3.63, 3.8) is 0 Å². The summed E-state index contributed by atoms with van der Waals surface area (Å²) in [5.74, 6) is 0.373. The van der Waals surface area contributed by atoms with Crippen molar-refractivity contribution in [1.29, 1.82) is 0 Å². The molecule has 148 valence electrons. The summed E-state index contributed by atoms with van der Waals surface area (Å²) >= 11 is 0. The molecule has 0 atom stereocenters. The number of nitrogens with zero attached hydrogens (tertiary/aromatic N) is 2. The molecular formula is C24H20N4O2. The molecule has 0 fully saturated rings. The van der Waals surface area contributed by atoms with Crippen molar-refractivity contribution in [2.45, 2.75) is 12.5 Å². The summed E-state index contributed by atoms with van der Waals surface area (Å²) in [4.78, 5) is 8.81. The number of furan rings is 2. The smallest absolute Gasteiger partial charge is 0.128 e. The van der Waals surface area contributed by atoms with Gasteiger partial charge in [-0.3, -0.25) is 4.98 Å². The molecule has 0 radical (unpaired) electrons. The Labute approximate surface area is 173 Å². The van der Waals surface area contributed by atoms with Crippen molar-refractivity contribution < 1.29 is 8.83 Å². The van der Waals surface area contributed by atoms with Gasteiger partial charge in [0.25, 0.3) is 0 Å². The molecule has 0 amide bonds. The van der Waals surface area contributed by atoms with Gasteiger partial charge in [0.05, 0.1) is 30.6 Å². The Kier molecular flexibility index (Phi) is 4.65. The van der Waals surface area contributed by atoms with Crippen LogP contribution in [-0.2, 0) is 6.54 Å². The van der Waals surface area contributed by atoms with Crippen molar-refractivity contribution in [1.82, 2.24) is 9.97 Å². The van der Waals surface area contributed by atoms with E-state index in [1.807, 2.05) is 42.6 Å². The minimum absolute atomic E-state index is 0.119. The van der Waals surface area contributed by atoms with Crippen LogP contribution in [0.4, 0.5) is 11.5 Å². The van der Waals surface area contributed by atoms with E-state index in [1.165, 1.54) is 0 Å². The van der Waals surface area contributed by atoms with Gasteiger partial charge in [0.15, 0.2) is 0 Å². The highest BCUT2D eigenvalue weighted by molar-refractivity contribution is 5.85. The van der Waals surface area contributed by atoms with E-state index in [0.29, 0.717) is 12.4 Å². The molecule has 5 rings (SSSR count). The predicted molar refractivity (Wildman–Crippen MR) is 116 cm³/mol. The van der Waals surface area contributed by atoms with E-state index in [4.69, 9.17) is 14.6 Å². The maximum atomic E-state index is 6.38. The van der Waals surface area contributed by atoms with Gasteiger partial charge in [0.2, 0.25) is 0 Å². The first-order chi connectivity index (χ1) is 14.8. The van der Waals surface area contributed by atoms with E-state index in [9.17, 15) is 0 Å². The van der Waals surface area contributed by atoms with Gasteiger partial charge in [-0.05, 0) is 48.0 Å². The van der Waals surface area contributed by atoms with Crippen LogP contribution in [0.15, 0.2) is 94.8 Å². The normalized spacial score (nSPS) is 11.2. The Bertz CT molecular complexity index is 1220. The fraction of sp³-hybridized carbons (Fsp3) is 0.0833. The van der Waals surface area contributed by atoms with Crippen molar-refractivity contribution in [3.8, 4) is 0 Å². The summed E-state index contributed by atoms with van der Waals surface area (Å²) in [5, 5.41) is 4.45. The summed E-state index contributed by atoms with van der Waals surface area (Å²) in [7, 11) is 0. The Balaban J connectivity index is 1.52. The fourth-order valence-corrected chi connectivity index (χ4v) is 3.69. The van der Waals surface area contributed by atoms with Crippen LogP contribution < -0.4 is 11.1 Å². The zero-order chi connectivity index (χ0) is 20.3. The van der Waals surface area contributed by atoms with E-state index in [-0.39, 0.29) is 5.92 Å². The van der Waals surface area contributed by atoms with Crippen LogP contribution in [0.25, 0.3) is 10.9 Å². The number of nitrogen functional groups attached to an aromatic ring is 1. The lowest BCUT2D eigenvalue weighted by Gasteiger charge is -2.17. The highest BCUT2D eigenvalue weighted by Crippen LogP contribution is 2.36. The van der Waals surface area contributed by atoms with Crippen LogP contribution in [0.5, 0.6) is 0 Å². The topological polar surface area (TPSA) is 90.1 Å². The van der Waals surface area contributed by atoms with Crippen molar-refractivity contribution in [2.24, 2.45) is 0 Å². The number of aromatic nitrogens is 2. The maximum absolute atomic E-state index is 6.38. The molecule has 4 heterocycles. The van der Waals surface area contributed by atoms with Gasteiger partial charge < -0.3 is 19.9 Å². The van der Waals surface area contributed by atoms with Crippen molar-refractivity contribution in [3.05, 3.63) is 108 Å². The minimum Gasteiger partial charge on any atom is -0.472 e. The average molecular weight is 396 g/mol. The molecule has 3 N–H and O–H groups in total. The second-order valence-corrected chi connectivity index (χ2v) is 7.13. The lowest BCUT2D eigenvalue weighted by Crippen LogP contribution is -2.07. The molecule has 0 bridgehead atoms. The fourth-order valence-electron chi connectivity index (χ4n) is 3.69. The van der Waals surface area contributed by atoms with Crippen molar-refractivity contribution >= 4 is 22.4 Å². The zero-order valence-corrected chi connectivity index (χ0v) is 16.2. The molecule has 0 unspecified atom stereocenters. The number of nitrogens with two attached hydrogens (primary N) is 1. The van der Waals surface area contributed by atoms with Crippen LogP contribution in [-0.4, -0.2) is 9.97 Å². The van der Waals surface area contributed by atoms with E-state index >= 15 is 0 Å². The molecule has 4 aromatic heterocycles. The second-order valence-electron chi connectivity index (χ2n) is 7.13. The van der Waals surface area contributed by atoms with Gasteiger partial charge in [0, 0.05) is 52.6 Å². The lowest BCUT2D eigenvalue weighted by atomic mass is 9.87. The summed E-state index contributed by atoms with van der Waals surface area (Å²) in [6.07, 6.45) is 10.4. The maximum Gasteiger partial charge on any atom is 0.128 e. The number of rotatable bonds is 6. The number of fused-ring (bicyclic) bond motifs is 1. The van der Waals surface area contributed by atoms with E-state index in [0.717, 1.165) is 38.8 Å². The number of hydrogen-bond acceptors (Lipinski definition) is 6. The zero-order valence-electron chi connectivity index (χ0n) is 16.2. The molecule has 5 aromatic rings. The first-order valence-corrected chi connectivity index (χ1v) is 9.65. The molecule has 30 heavy (non-hydrogen) atoms.